The Hall–Kier alpha value is -1.39. The van der Waals surface area contributed by atoms with E-state index in [1.54, 1.807) is 6.07 Å². The fourth-order valence-corrected chi connectivity index (χ4v) is 2.16. The van der Waals surface area contributed by atoms with E-state index in [0.717, 1.165) is 12.3 Å². The maximum absolute atomic E-state index is 13.0. The van der Waals surface area contributed by atoms with Crippen molar-refractivity contribution in [2.75, 3.05) is 0 Å². The topological polar surface area (TPSA) is 21.3 Å². The number of benzene rings is 2. The first-order valence-electron chi connectivity index (χ1n) is 6.80. The lowest BCUT2D eigenvalue weighted by molar-refractivity contribution is 0.424. The van der Waals surface area contributed by atoms with Gasteiger partial charge in [-0.15, -0.1) is 0 Å². The van der Waals surface area contributed by atoms with Gasteiger partial charge in [0, 0.05) is 12.1 Å². The fraction of sp³-hybridized carbons (Fsp3) is 0.294. The number of hydrogen-bond acceptors (Lipinski definition) is 2. The minimum absolute atomic E-state index is 0.0914. The van der Waals surface area contributed by atoms with Crippen LogP contribution < -0.4 is 10.1 Å². The predicted octanol–water partition coefficient (Wildman–Crippen LogP) is 5.27. The summed E-state index contributed by atoms with van der Waals surface area (Å²) in [5, 5.41) is 3.43. The number of halogens is 2. The van der Waals surface area contributed by atoms with E-state index in [1.165, 1.54) is 17.7 Å². The molecule has 21 heavy (non-hydrogen) atoms. The van der Waals surface area contributed by atoms with Gasteiger partial charge < -0.3 is 10.1 Å². The maximum Gasteiger partial charge on any atom is 0.141 e. The molecule has 0 aliphatic carbocycles. The molecule has 0 amide bonds. The Bertz CT molecular complexity index is 605. The van der Waals surface area contributed by atoms with Gasteiger partial charge in [0.1, 0.15) is 17.3 Å². The predicted molar refractivity (Wildman–Crippen MR) is 87.2 cm³/mol. The molecule has 0 aromatic heterocycles. The van der Waals surface area contributed by atoms with Gasteiger partial charge >= 0.3 is 0 Å². The molecule has 0 spiro atoms. The van der Waals surface area contributed by atoms with Gasteiger partial charge in [-0.2, -0.15) is 0 Å². The molecule has 0 heterocycles. The van der Waals surface area contributed by atoms with E-state index in [1.807, 2.05) is 24.3 Å². The van der Waals surface area contributed by atoms with Crippen LogP contribution in [-0.2, 0) is 6.54 Å². The first kappa shape index (κ1) is 16.0. The summed E-state index contributed by atoms with van der Waals surface area (Å²) in [6.45, 7) is 7.22. The van der Waals surface area contributed by atoms with E-state index in [4.69, 9.17) is 4.74 Å². The second kappa shape index (κ2) is 6.58. The van der Waals surface area contributed by atoms with Crippen LogP contribution in [0.2, 0.25) is 0 Å². The van der Waals surface area contributed by atoms with Crippen LogP contribution in [0, 0.1) is 5.82 Å². The molecule has 0 aliphatic rings. The summed E-state index contributed by atoms with van der Waals surface area (Å²) >= 11 is 3.29. The molecule has 1 N–H and O–H groups in total. The Morgan fingerprint density at radius 3 is 2.33 bits per heavy atom. The van der Waals surface area contributed by atoms with Gasteiger partial charge in [-0.3, -0.25) is 0 Å². The Morgan fingerprint density at radius 1 is 1.10 bits per heavy atom. The molecule has 2 aromatic rings. The van der Waals surface area contributed by atoms with Crippen LogP contribution >= 0.6 is 15.9 Å². The number of ether oxygens (including phenoxy) is 1. The Kier molecular flexibility index (Phi) is 5.01. The molecule has 0 fully saturated rings. The monoisotopic (exact) mass is 351 g/mol. The Balaban J connectivity index is 2.02. The largest absolute Gasteiger partial charge is 0.456 e. The van der Waals surface area contributed by atoms with E-state index in [-0.39, 0.29) is 11.4 Å². The highest BCUT2D eigenvalue weighted by Gasteiger charge is 2.08. The van der Waals surface area contributed by atoms with Crippen molar-refractivity contribution in [3.8, 4) is 11.5 Å². The molecule has 0 saturated carbocycles. The number of hydrogen-bond donors (Lipinski definition) is 1. The average Bonchev–Trinajstić information content (AvgIpc) is 2.40. The molecule has 2 aromatic carbocycles. The lowest BCUT2D eigenvalue weighted by Gasteiger charge is -2.20. The summed E-state index contributed by atoms with van der Waals surface area (Å²) in [5.41, 5.74) is 1.28. The van der Waals surface area contributed by atoms with Crippen molar-refractivity contribution in [3.05, 3.63) is 58.3 Å². The van der Waals surface area contributed by atoms with Gasteiger partial charge in [0.15, 0.2) is 0 Å². The van der Waals surface area contributed by atoms with Gasteiger partial charge in [0.05, 0.1) is 4.47 Å². The van der Waals surface area contributed by atoms with Crippen LogP contribution in [0.25, 0.3) is 0 Å². The molecular weight excluding hydrogens is 333 g/mol. The summed E-state index contributed by atoms with van der Waals surface area (Å²) < 4.78 is 19.4. The van der Waals surface area contributed by atoms with Crippen LogP contribution in [0.5, 0.6) is 11.5 Å². The molecule has 0 radical (unpaired) electrons. The van der Waals surface area contributed by atoms with Crippen molar-refractivity contribution in [2.45, 2.75) is 32.9 Å². The standard InChI is InChI=1S/C17H19BrFNO/c1-17(2,3)20-11-12-4-7-14(8-5-12)21-16-9-6-13(19)10-15(16)18/h4-10,20H,11H2,1-3H3. The van der Waals surface area contributed by atoms with Crippen molar-refractivity contribution in [3.63, 3.8) is 0 Å². The van der Waals surface area contributed by atoms with Gasteiger partial charge in [-0.05, 0) is 72.6 Å². The number of nitrogens with one attached hydrogen (secondary N) is 1. The molecule has 2 rings (SSSR count). The third-order valence-electron chi connectivity index (χ3n) is 2.87. The van der Waals surface area contributed by atoms with Gasteiger partial charge in [0.2, 0.25) is 0 Å². The zero-order valence-corrected chi connectivity index (χ0v) is 14.0. The Morgan fingerprint density at radius 2 is 1.76 bits per heavy atom. The zero-order valence-electron chi connectivity index (χ0n) is 12.4. The summed E-state index contributed by atoms with van der Waals surface area (Å²) in [4.78, 5) is 0. The third kappa shape index (κ3) is 5.14. The van der Waals surface area contributed by atoms with E-state index >= 15 is 0 Å². The third-order valence-corrected chi connectivity index (χ3v) is 3.49. The van der Waals surface area contributed by atoms with E-state index in [9.17, 15) is 4.39 Å². The molecule has 0 unspecified atom stereocenters. The summed E-state index contributed by atoms with van der Waals surface area (Å²) in [6, 6.07) is 12.2. The molecule has 0 saturated heterocycles. The highest BCUT2D eigenvalue weighted by molar-refractivity contribution is 9.10. The quantitative estimate of drug-likeness (QED) is 0.810. The SMILES string of the molecule is CC(C)(C)NCc1ccc(Oc2ccc(F)cc2Br)cc1. The van der Waals surface area contributed by atoms with Gasteiger partial charge in [-0.1, -0.05) is 12.1 Å². The molecule has 0 bridgehead atoms. The molecule has 0 aliphatic heterocycles. The van der Waals surface area contributed by atoms with E-state index < -0.39 is 0 Å². The van der Waals surface area contributed by atoms with Crippen molar-refractivity contribution >= 4 is 15.9 Å². The fourth-order valence-electron chi connectivity index (χ4n) is 1.73. The summed E-state index contributed by atoms with van der Waals surface area (Å²) in [6.07, 6.45) is 0. The van der Waals surface area contributed by atoms with Crippen LogP contribution in [-0.4, -0.2) is 5.54 Å². The van der Waals surface area contributed by atoms with Crippen molar-refractivity contribution in [1.82, 2.24) is 5.32 Å². The van der Waals surface area contributed by atoms with Crippen LogP contribution in [0.15, 0.2) is 46.9 Å². The average molecular weight is 352 g/mol. The minimum atomic E-state index is -0.294. The van der Waals surface area contributed by atoms with Crippen LogP contribution in [0.4, 0.5) is 4.39 Å². The lowest BCUT2D eigenvalue weighted by atomic mass is 10.1. The lowest BCUT2D eigenvalue weighted by Crippen LogP contribution is -2.34. The molecule has 4 heteroatoms. The Labute approximate surface area is 133 Å². The highest BCUT2D eigenvalue weighted by atomic mass is 79.9. The summed E-state index contributed by atoms with van der Waals surface area (Å²) in [7, 11) is 0. The highest BCUT2D eigenvalue weighted by Crippen LogP contribution is 2.30. The minimum Gasteiger partial charge on any atom is -0.456 e. The van der Waals surface area contributed by atoms with Crippen molar-refractivity contribution in [1.29, 1.82) is 0 Å². The second-order valence-corrected chi connectivity index (χ2v) is 6.78. The number of rotatable bonds is 4. The van der Waals surface area contributed by atoms with E-state index in [0.29, 0.717) is 10.2 Å². The van der Waals surface area contributed by atoms with Crippen molar-refractivity contribution in [2.24, 2.45) is 0 Å². The normalized spacial score (nSPS) is 11.5. The summed E-state index contributed by atoms with van der Waals surface area (Å²) in [5.74, 6) is 1.02. The zero-order chi connectivity index (χ0) is 15.5. The van der Waals surface area contributed by atoms with Crippen molar-refractivity contribution < 1.29 is 9.13 Å². The first-order chi connectivity index (χ1) is 9.83. The smallest absolute Gasteiger partial charge is 0.141 e. The maximum atomic E-state index is 13.0. The van der Waals surface area contributed by atoms with Gasteiger partial charge in [0.25, 0.3) is 0 Å². The van der Waals surface area contributed by atoms with E-state index in [2.05, 4.69) is 42.0 Å². The first-order valence-corrected chi connectivity index (χ1v) is 7.60. The molecule has 112 valence electrons. The van der Waals surface area contributed by atoms with Gasteiger partial charge in [-0.25, -0.2) is 4.39 Å². The van der Waals surface area contributed by atoms with Crippen LogP contribution in [0.1, 0.15) is 26.3 Å². The second-order valence-electron chi connectivity index (χ2n) is 5.92. The van der Waals surface area contributed by atoms with Crippen LogP contribution in [0.3, 0.4) is 0 Å². The molecule has 2 nitrogen and oxygen atoms in total. The molecule has 0 atom stereocenters. The molecular formula is C17H19BrFNO.